The SMILES string of the molecule is COc1ccccc1C(=O)NCCc1ccc2[nH]c(=O)[nH]c2c1. The van der Waals surface area contributed by atoms with Gasteiger partial charge in [-0.15, -0.1) is 0 Å². The molecule has 0 aliphatic heterocycles. The largest absolute Gasteiger partial charge is 0.496 e. The van der Waals surface area contributed by atoms with E-state index in [1.807, 2.05) is 24.3 Å². The highest BCUT2D eigenvalue weighted by Crippen LogP contribution is 2.17. The van der Waals surface area contributed by atoms with Gasteiger partial charge in [-0.3, -0.25) is 4.79 Å². The zero-order valence-corrected chi connectivity index (χ0v) is 12.7. The van der Waals surface area contributed by atoms with E-state index in [-0.39, 0.29) is 11.6 Å². The minimum Gasteiger partial charge on any atom is -0.496 e. The van der Waals surface area contributed by atoms with Gasteiger partial charge in [0, 0.05) is 6.54 Å². The zero-order chi connectivity index (χ0) is 16.2. The third kappa shape index (κ3) is 3.26. The summed E-state index contributed by atoms with van der Waals surface area (Å²) in [5.74, 6) is 0.384. The number of carbonyl (C=O) groups excluding carboxylic acids is 1. The van der Waals surface area contributed by atoms with Crippen LogP contribution >= 0.6 is 0 Å². The summed E-state index contributed by atoms with van der Waals surface area (Å²) >= 11 is 0. The quantitative estimate of drug-likeness (QED) is 0.672. The van der Waals surface area contributed by atoms with Gasteiger partial charge in [0.25, 0.3) is 5.91 Å². The summed E-state index contributed by atoms with van der Waals surface area (Å²) in [6.45, 7) is 0.497. The fourth-order valence-electron chi connectivity index (χ4n) is 2.48. The third-order valence-electron chi connectivity index (χ3n) is 3.63. The molecule has 1 amide bonds. The summed E-state index contributed by atoms with van der Waals surface area (Å²) in [6, 6.07) is 12.8. The lowest BCUT2D eigenvalue weighted by Gasteiger charge is -2.09. The van der Waals surface area contributed by atoms with E-state index in [2.05, 4.69) is 15.3 Å². The Balaban J connectivity index is 1.63. The van der Waals surface area contributed by atoms with Crippen molar-refractivity contribution in [1.29, 1.82) is 0 Å². The molecule has 0 fully saturated rings. The number of nitrogens with one attached hydrogen (secondary N) is 3. The highest BCUT2D eigenvalue weighted by molar-refractivity contribution is 5.96. The standard InChI is InChI=1S/C17H17N3O3/c1-23-15-5-3-2-4-12(15)16(21)18-9-8-11-6-7-13-14(10-11)20-17(22)19-13/h2-7,10H,8-9H2,1H3,(H,18,21)(H2,19,20,22). The molecule has 0 spiro atoms. The Kier molecular flexibility index (Phi) is 4.14. The van der Waals surface area contributed by atoms with Gasteiger partial charge in [-0.25, -0.2) is 4.79 Å². The van der Waals surface area contributed by atoms with Crippen LogP contribution in [-0.4, -0.2) is 29.5 Å². The number of rotatable bonds is 5. The molecular formula is C17H17N3O3. The number of para-hydroxylation sites is 1. The summed E-state index contributed by atoms with van der Waals surface area (Å²) < 4.78 is 5.18. The Labute approximate surface area is 132 Å². The molecule has 0 saturated carbocycles. The summed E-state index contributed by atoms with van der Waals surface area (Å²) in [5.41, 5.74) is 2.87. The summed E-state index contributed by atoms with van der Waals surface area (Å²) in [7, 11) is 1.54. The van der Waals surface area contributed by atoms with Crippen LogP contribution in [0.4, 0.5) is 0 Å². The number of fused-ring (bicyclic) bond motifs is 1. The van der Waals surface area contributed by atoms with E-state index < -0.39 is 0 Å². The topological polar surface area (TPSA) is 87.0 Å². The average molecular weight is 311 g/mol. The number of H-pyrrole nitrogens is 2. The molecule has 23 heavy (non-hydrogen) atoms. The first-order valence-corrected chi connectivity index (χ1v) is 7.29. The second kappa shape index (κ2) is 6.39. The number of amides is 1. The minimum atomic E-state index is -0.221. The maximum absolute atomic E-state index is 12.2. The van der Waals surface area contributed by atoms with Crippen LogP contribution < -0.4 is 15.7 Å². The molecule has 0 radical (unpaired) electrons. The summed E-state index contributed by atoms with van der Waals surface area (Å²) in [6.07, 6.45) is 0.671. The molecule has 0 bridgehead atoms. The van der Waals surface area contributed by atoms with Gasteiger partial charge in [0.1, 0.15) is 5.75 Å². The number of aromatic nitrogens is 2. The van der Waals surface area contributed by atoms with Crippen LogP contribution in [0, 0.1) is 0 Å². The molecule has 2 aromatic carbocycles. The molecule has 0 aliphatic rings. The van der Waals surface area contributed by atoms with Gasteiger partial charge in [-0.2, -0.15) is 0 Å². The lowest BCUT2D eigenvalue weighted by atomic mass is 10.1. The number of hydrogen-bond donors (Lipinski definition) is 3. The number of methoxy groups -OCH3 is 1. The van der Waals surface area contributed by atoms with Crippen molar-refractivity contribution in [1.82, 2.24) is 15.3 Å². The second-order valence-electron chi connectivity index (χ2n) is 5.17. The molecule has 3 aromatic rings. The Morgan fingerprint density at radius 1 is 1.13 bits per heavy atom. The first kappa shape index (κ1) is 14.9. The van der Waals surface area contributed by atoms with Gasteiger partial charge >= 0.3 is 5.69 Å². The fraction of sp³-hybridized carbons (Fsp3) is 0.176. The third-order valence-corrected chi connectivity index (χ3v) is 3.63. The maximum Gasteiger partial charge on any atom is 0.323 e. The fourth-order valence-corrected chi connectivity index (χ4v) is 2.48. The van der Waals surface area contributed by atoms with E-state index in [9.17, 15) is 9.59 Å². The van der Waals surface area contributed by atoms with E-state index in [4.69, 9.17) is 4.74 Å². The van der Waals surface area contributed by atoms with Crippen molar-refractivity contribution in [2.75, 3.05) is 13.7 Å². The summed E-state index contributed by atoms with van der Waals surface area (Å²) in [5, 5.41) is 2.88. The summed E-state index contributed by atoms with van der Waals surface area (Å²) in [4.78, 5) is 28.9. The monoisotopic (exact) mass is 311 g/mol. The van der Waals surface area contributed by atoms with Crippen molar-refractivity contribution in [3.05, 3.63) is 64.1 Å². The van der Waals surface area contributed by atoms with Crippen molar-refractivity contribution >= 4 is 16.9 Å². The molecule has 1 heterocycles. The molecule has 118 valence electrons. The second-order valence-corrected chi connectivity index (χ2v) is 5.17. The normalized spacial score (nSPS) is 10.7. The Hall–Kier alpha value is -3.02. The lowest BCUT2D eigenvalue weighted by molar-refractivity contribution is 0.0951. The zero-order valence-electron chi connectivity index (χ0n) is 12.7. The van der Waals surface area contributed by atoms with Crippen molar-refractivity contribution < 1.29 is 9.53 Å². The van der Waals surface area contributed by atoms with Gasteiger partial charge < -0.3 is 20.0 Å². The van der Waals surface area contributed by atoms with E-state index in [0.717, 1.165) is 16.6 Å². The van der Waals surface area contributed by atoms with Crippen LogP contribution in [0.1, 0.15) is 15.9 Å². The molecular weight excluding hydrogens is 294 g/mol. The predicted molar refractivity (Wildman–Crippen MR) is 88.0 cm³/mol. The maximum atomic E-state index is 12.2. The highest BCUT2D eigenvalue weighted by atomic mass is 16.5. The molecule has 3 rings (SSSR count). The van der Waals surface area contributed by atoms with Crippen molar-refractivity contribution in [3.8, 4) is 5.75 Å². The van der Waals surface area contributed by atoms with Crippen LogP contribution in [0.5, 0.6) is 5.75 Å². The molecule has 0 atom stereocenters. The molecule has 6 nitrogen and oxygen atoms in total. The highest BCUT2D eigenvalue weighted by Gasteiger charge is 2.10. The van der Waals surface area contributed by atoms with Crippen LogP contribution in [0.25, 0.3) is 11.0 Å². The molecule has 0 unspecified atom stereocenters. The number of carbonyl (C=O) groups is 1. The van der Waals surface area contributed by atoms with Crippen molar-refractivity contribution in [3.63, 3.8) is 0 Å². The Bertz CT molecular complexity index is 895. The van der Waals surface area contributed by atoms with Crippen LogP contribution in [-0.2, 0) is 6.42 Å². The van der Waals surface area contributed by atoms with Gasteiger partial charge in [-0.05, 0) is 36.2 Å². The van der Waals surface area contributed by atoms with Crippen molar-refractivity contribution in [2.24, 2.45) is 0 Å². The number of imidazole rings is 1. The Morgan fingerprint density at radius 3 is 2.74 bits per heavy atom. The van der Waals surface area contributed by atoms with E-state index in [0.29, 0.717) is 24.3 Å². The minimum absolute atomic E-state index is 0.168. The molecule has 0 aliphatic carbocycles. The van der Waals surface area contributed by atoms with Gasteiger partial charge in [-0.1, -0.05) is 18.2 Å². The van der Waals surface area contributed by atoms with E-state index in [1.54, 1.807) is 25.3 Å². The number of benzene rings is 2. The first-order chi connectivity index (χ1) is 11.2. The van der Waals surface area contributed by atoms with E-state index in [1.165, 1.54) is 0 Å². The lowest BCUT2D eigenvalue weighted by Crippen LogP contribution is -2.26. The molecule has 6 heteroatoms. The van der Waals surface area contributed by atoms with E-state index >= 15 is 0 Å². The van der Waals surface area contributed by atoms with Crippen LogP contribution in [0.3, 0.4) is 0 Å². The van der Waals surface area contributed by atoms with Crippen molar-refractivity contribution in [2.45, 2.75) is 6.42 Å². The Morgan fingerprint density at radius 2 is 1.91 bits per heavy atom. The number of ether oxygens (including phenoxy) is 1. The smallest absolute Gasteiger partial charge is 0.323 e. The molecule has 3 N–H and O–H groups in total. The number of aromatic amines is 2. The number of hydrogen-bond acceptors (Lipinski definition) is 3. The molecule has 1 aromatic heterocycles. The van der Waals surface area contributed by atoms with Gasteiger partial charge in [0.2, 0.25) is 0 Å². The predicted octanol–water partition coefficient (Wildman–Crippen LogP) is 1.84. The van der Waals surface area contributed by atoms with Gasteiger partial charge in [0.05, 0.1) is 23.7 Å². The van der Waals surface area contributed by atoms with Crippen LogP contribution in [0.2, 0.25) is 0 Å². The van der Waals surface area contributed by atoms with Gasteiger partial charge in [0.15, 0.2) is 0 Å². The first-order valence-electron chi connectivity index (χ1n) is 7.29. The molecule has 0 saturated heterocycles. The van der Waals surface area contributed by atoms with Crippen LogP contribution in [0.15, 0.2) is 47.3 Å². The average Bonchev–Trinajstić information content (AvgIpc) is 2.94.